The van der Waals surface area contributed by atoms with E-state index >= 15 is 0 Å². The van der Waals surface area contributed by atoms with Gasteiger partial charge in [0, 0.05) is 19.1 Å². The van der Waals surface area contributed by atoms with Crippen LogP contribution < -0.4 is 11.1 Å². The molecule has 0 aromatic heterocycles. The van der Waals surface area contributed by atoms with Gasteiger partial charge in [-0.3, -0.25) is 9.69 Å². The predicted octanol–water partition coefficient (Wildman–Crippen LogP) is -1.73. The van der Waals surface area contributed by atoms with Crippen molar-refractivity contribution in [2.75, 3.05) is 26.2 Å². The number of hydrogen-bond acceptors (Lipinski definition) is 4. The molecule has 5 heteroatoms. The molecule has 0 saturated carbocycles. The van der Waals surface area contributed by atoms with Crippen molar-refractivity contribution in [1.82, 2.24) is 10.2 Å². The maximum Gasteiger partial charge on any atom is 0.235 e. The van der Waals surface area contributed by atoms with Crippen molar-refractivity contribution in [2.45, 2.75) is 6.04 Å². The van der Waals surface area contributed by atoms with E-state index in [4.69, 9.17) is 11.0 Å². The first-order chi connectivity index (χ1) is 5.72. The zero-order chi connectivity index (χ0) is 8.97. The van der Waals surface area contributed by atoms with Crippen LogP contribution in [-0.2, 0) is 4.79 Å². The number of carbonyl (C=O) groups excluding carboxylic acids is 1. The Morgan fingerprint density at radius 3 is 2.92 bits per heavy atom. The molecule has 0 aromatic carbocycles. The number of nitriles is 1. The summed E-state index contributed by atoms with van der Waals surface area (Å²) in [5.74, 6) is -0.108. The highest BCUT2D eigenvalue weighted by Crippen LogP contribution is 2.02. The van der Waals surface area contributed by atoms with E-state index in [1.807, 2.05) is 11.0 Å². The SMILES string of the molecule is N#CCNC(=O)CN1CC(N)C1. The highest BCUT2D eigenvalue weighted by Gasteiger charge is 2.24. The molecule has 0 aliphatic carbocycles. The lowest BCUT2D eigenvalue weighted by molar-refractivity contribution is -0.123. The molecule has 1 aliphatic heterocycles. The number of likely N-dealkylation sites (tertiary alicyclic amines) is 1. The van der Waals surface area contributed by atoms with Crippen molar-refractivity contribution in [1.29, 1.82) is 5.26 Å². The molecule has 0 unspecified atom stereocenters. The van der Waals surface area contributed by atoms with E-state index < -0.39 is 0 Å². The maximum atomic E-state index is 11.0. The summed E-state index contributed by atoms with van der Waals surface area (Å²) >= 11 is 0. The van der Waals surface area contributed by atoms with Gasteiger partial charge in [-0.1, -0.05) is 0 Å². The van der Waals surface area contributed by atoms with Crippen LogP contribution in [0.3, 0.4) is 0 Å². The van der Waals surface area contributed by atoms with E-state index in [1.54, 1.807) is 0 Å². The fraction of sp³-hybridized carbons (Fsp3) is 0.714. The van der Waals surface area contributed by atoms with Gasteiger partial charge in [0.15, 0.2) is 0 Å². The Morgan fingerprint density at radius 1 is 1.75 bits per heavy atom. The summed E-state index contributed by atoms with van der Waals surface area (Å²) < 4.78 is 0. The molecule has 0 radical (unpaired) electrons. The Labute approximate surface area is 71.1 Å². The highest BCUT2D eigenvalue weighted by atomic mass is 16.2. The largest absolute Gasteiger partial charge is 0.342 e. The molecule has 1 amide bonds. The lowest BCUT2D eigenvalue weighted by Crippen LogP contribution is -2.57. The van der Waals surface area contributed by atoms with E-state index in [0.717, 1.165) is 13.1 Å². The monoisotopic (exact) mass is 168 g/mol. The van der Waals surface area contributed by atoms with Crippen LogP contribution in [0, 0.1) is 11.3 Å². The molecule has 1 saturated heterocycles. The molecule has 1 aliphatic rings. The average molecular weight is 168 g/mol. The van der Waals surface area contributed by atoms with Gasteiger partial charge < -0.3 is 11.1 Å². The van der Waals surface area contributed by atoms with Crippen molar-refractivity contribution in [2.24, 2.45) is 5.73 Å². The van der Waals surface area contributed by atoms with Gasteiger partial charge in [0.25, 0.3) is 0 Å². The number of carbonyl (C=O) groups is 1. The lowest BCUT2D eigenvalue weighted by Gasteiger charge is -2.35. The van der Waals surface area contributed by atoms with Gasteiger partial charge in [-0.05, 0) is 0 Å². The van der Waals surface area contributed by atoms with Gasteiger partial charge in [0.05, 0.1) is 12.6 Å². The molecule has 0 bridgehead atoms. The average Bonchev–Trinajstić information content (AvgIpc) is 1.98. The number of rotatable bonds is 3. The Kier molecular flexibility index (Phi) is 3.02. The van der Waals surface area contributed by atoms with E-state index in [2.05, 4.69) is 5.32 Å². The number of amides is 1. The Bertz CT molecular complexity index is 204. The number of hydrogen-bond donors (Lipinski definition) is 2. The topological polar surface area (TPSA) is 82.2 Å². The third-order valence-electron chi connectivity index (χ3n) is 1.72. The minimum absolute atomic E-state index is 0.0821. The molecule has 1 rings (SSSR count). The highest BCUT2D eigenvalue weighted by molar-refractivity contribution is 5.78. The predicted molar refractivity (Wildman–Crippen MR) is 43.0 cm³/mol. The normalized spacial score (nSPS) is 18.0. The third-order valence-corrected chi connectivity index (χ3v) is 1.72. The summed E-state index contributed by atoms with van der Waals surface area (Å²) in [5, 5.41) is 10.6. The van der Waals surface area contributed by atoms with Crippen molar-refractivity contribution in [3.05, 3.63) is 0 Å². The van der Waals surface area contributed by atoms with Gasteiger partial charge in [0.2, 0.25) is 5.91 Å². The number of nitrogens with one attached hydrogen (secondary N) is 1. The summed E-state index contributed by atoms with van der Waals surface area (Å²) in [4.78, 5) is 12.9. The Balaban J connectivity index is 2.07. The van der Waals surface area contributed by atoms with Gasteiger partial charge in [-0.15, -0.1) is 0 Å². The van der Waals surface area contributed by atoms with E-state index in [-0.39, 0.29) is 18.5 Å². The van der Waals surface area contributed by atoms with Crippen LogP contribution in [-0.4, -0.2) is 43.0 Å². The van der Waals surface area contributed by atoms with Crippen LogP contribution in [0.25, 0.3) is 0 Å². The van der Waals surface area contributed by atoms with Crippen molar-refractivity contribution < 1.29 is 4.79 Å². The molecule has 0 spiro atoms. The molecular formula is C7H12N4O. The first-order valence-electron chi connectivity index (χ1n) is 3.84. The van der Waals surface area contributed by atoms with Crippen LogP contribution in [0.5, 0.6) is 0 Å². The number of nitrogens with two attached hydrogens (primary N) is 1. The Morgan fingerprint density at radius 2 is 2.42 bits per heavy atom. The van der Waals surface area contributed by atoms with Gasteiger partial charge in [0.1, 0.15) is 6.54 Å². The Hall–Kier alpha value is -1.12. The zero-order valence-corrected chi connectivity index (χ0v) is 6.79. The van der Waals surface area contributed by atoms with Crippen LogP contribution in [0.15, 0.2) is 0 Å². The molecule has 3 N–H and O–H groups in total. The van der Waals surface area contributed by atoms with E-state index in [1.165, 1.54) is 0 Å². The molecule has 0 atom stereocenters. The molecule has 1 heterocycles. The summed E-state index contributed by atoms with van der Waals surface area (Å²) in [6.07, 6.45) is 0. The maximum absolute atomic E-state index is 11.0. The van der Waals surface area contributed by atoms with Crippen LogP contribution in [0.2, 0.25) is 0 Å². The minimum Gasteiger partial charge on any atom is -0.342 e. The summed E-state index contributed by atoms with van der Waals surface area (Å²) in [7, 11) is 0. The fourth-order valence-electron chi connectivity index (χ4n) is 1.14. The first kappa shape index (κ1) is 8.97. The van der Waals surface area contributed by atoms with E-state index in [9.17, 15) is 4.79 Å². The number of nitrogens with zero attached hydrogens (tertiary/aromatic N) is 2. The smallest absolute Gasteiger partial charge is 0.235 e. The summed E-state index contributed by atoms with van der Waals surface area (Å²) in [5.41, 5.74) is 5.52. The van der Waals surface area contributed by atoms with E-state index in [0.29, 0.717) is 6.54 Å². The van der Waals surface area contributed by atoms with Crippen molar-refractivity contribution >= 4 is 5.91 Å². The second-order valence-electron chi connectivity index (χ2n) is 2.89. The second kappa shape index (κ2) is 4.04. The van der Waals surface area contributed by atoms with Crippen LogP contribution in [0.1, 0.15) is 0 Å². The first-order valence-corrected chi connectivity index (χ1v) is 3.84. The molecule has 66 valence electrons. The lowest BCUT2D eigenvalue weighted by atomic mass is 10.1. The third kappa shape index (κ3) is 2.49. The zero-order valence-electron chi connectivity index (χ0n) is 6.79. The van der Waals surface area contributed by atoms with Crippen LogP contribution >= 0.6 is 0 Å². The molecular weight excluding hydrogens is 156 g/mol. The van der Waals surface area contributed by atoms with Gasteiger partial charge >= 0.3 is 0 Å². The second-order valence-corrected chi connectivity index (χ2v) is 2.89. The molecule has 12 heavy (non-hydrogen) atoms. The molecule has 0 aromatic rings. The van der Waals surface area contributed by atoms with Crippen molar-refractivity contribution in [3.8, 4) is 6.07 Å². The van der Waals surface area contributed by atoms with Gasteiger partial charge in [-0.25, -0.2) is 0 Å². The minimum atomic E-state index is -0.108. The summed E-state index contributed by atoms with van der Waals surface area (Å²) in [6, 6.07) is 2.06. The van der Waals surface area contributed by atoms with Gasteiger partial charge in [-0.2, -0.15) is 5.26 Å². The van der Waals surface area contributed by atoms with Crippen LogP contribution in [0.4, 0.5) is 0 Å². The summed E-state index contributed by atoms with van der Waals surface area (Å²) in [6.45, 7) is 1.99. The molecule has 5 nitrogen and oxygen atoms in total. The molecule has 1 fully saturated rings. The van der Waals surface area contributed by atoms with Crippen molar-refractivity contribution in [3.63, 3.8) is 0 Å². The quantitative estimate of drug-likeness (QED) is 0.490. The standard InChI is InChI=1S/C7H12N4O/c8-1-2-10-7(12)5-11-3-6(9)4-11/h6H,2-5,9H2,(H,10,12). The fourth-order valence-corrected chi connectivity index (χ4v) is 1.14.